The van der Waals surface area contributed by atoms with Crippen LogP contribution < -0.4 is 0 Å². The maximum Gasteiger partial charge on any atom is 0.217 e. The van der Waals surface area contributed by atoms with Crippen molar-refractivity contribution in [3.63, 3.8) is 0 Å². The fraction of sp³-hybridized carbons (Fsp3) is 1.00. The first-order valence-corrected chi connectivity index (χ1v) is 8.39. The Morgan fingerprint density at radius 2 is 2.26 bits per heavy atom. The first-order chi connectivity index (χ1) is 8.88. The van der Waals surface area contributed by atoms with Gasteiger partial charge in [0.15, 0.2) is 0 Å². The van der Waals surface area contributed by atoms with Gasteiger partial charge in [0.1, 0.15) is 5.60 Å². The molecule has 0 aromatic rings. The summed E-state index contributed by atoms with van der Waals surface area (Å²) in [4.78, 5) is 0. The molecular formula is C12H23NO5S. The van der Waals surface area contributed by atoms with Crippen LogP contribution in [-0.4, -0.2) is 67.7 Å². The third-order valence-corrected chi connectivity index (χ3v) is 5.93. The van der Waals surface area contributed by atoms with Crippen LogP contribution >= 0.6 is 0 Å². The van der Waals surface area contributed by atoms with Crippen LogP contribution in [-0.2, 0) is 19.5 Å². The van der Waals surface area contributed by atoms with Crippen molar-refractivity contribution in [3.05, 3.63) is 0 Å². The minimum atomic E-state index is -3.44. The van der Waals surface area contributed by atoms with Crippen LogP contribution in [0.15, 0.2) is 0 Å². The molecule has 0 amide bonds. The van der Waals surface area contributed by atoms with Crippen molar-refractivity contribution < 1.29 is 23.0 Å². The smallest absolute Gasteiger partial charge is 0.217 e. The van der Waals surface area contributed by atoms with E-state index in [1.807, 2.05) is 13.8 Å². The average Bonchev–Trinajstić information content (AvgIpc) is 2.86. The van der Waals surface area contributed by atoms with Gasteiger partial charge in [0, 0.05) is 32.2 Å². The van der Waals surface area contributed by atoms with Gasteiger partial charge >= 0.3 is 0 Å². The van der Waals surface area contributed by atoms with E-state index in [1.165, 1.54) is 4.31 Å². The predicted molar refractivity (Wildman–Crippen MR) is 70.4 cm³/mol. The Morgan fingerprint density at radius 1 is 1.53 bits per heavy atom. The lowest BCUT2D eigenvalue weighted by molar-refractivity contribution is -0.0273. The quantitative estimate of drug-likeness (QED) is 0.770. The summed E-state index contributed by atoms with van der Waals surface area (Å²) in [5.41, 5.74) is -0.721. The van der Waals surface area contributed by atoms with E-state index in [1.54, 1.807) is 0 Å². The Balaban J connectivity index is 2.11. The van der Waals surface area contributed by atoms with Gasteiger partial charge < -0.3 is 14.6 Å². The lowest BCUT2D eigenvalue weighted by atomic mass is 10.1. The van der Waals surface area contributed by atoms with E-state index in [0.29, 0.717) is 32.7 Å². The Morgan fingerprint density at radius 3 is 2.74 bits per heavy atom. The van der Waals surface area contributed by atoms with Gasteiger partial charge in [-0.15, -0.1) is 0 Å². The molecule has 3 unspecified atom stereocenters. The third-order valence-electron chi connectivity index (χ3n) is 3.82. The summed E-state index contributed by atoms with van der Waals surface area (Å²) in [6, 6.07) is -0.152. The molecule has 112 valence electrons. The van der Waals surface area contributed by atoms with Gasteiger partial charge in [0.2, 0.25) is 10.0 Å². The molecule has 7 heteroatoms. The Hall–Kier alpha value is -0.210. The minimum Gasteiger partial charge on any atom is -0.392 e. The Bertz CT molecular complexity index is 404. The fourth-order valence-corrected chi connectivity index (χ4v) is 5.12. The van der Waals surface area contributed by atoms with Crippen molar-refractivity contribution >= 4 is 10.0 Å². The van der Waals surface area contributed by atoms with Crippen LogP contribution in [0, 0.1) is 0 Å². The molecule has 0 radical (unpaired) electrons. The van der Waals surface area contributed by atoms with E-state index in [4.69, 9.17) is 9.47 Å². The van der Waals surface area contributed by atoms with Crippen LogP contribution in [0.3, 0.4) is 0 Å². The number of β-amino-alcohol motifs (C(OH)–C–C–N with tert-alkyl or cyclic N) is 1. The summed E-state index contributed by atoms with van der Waals surface area (Å²) in [6.07, 6.45) is 0.537. The van der Waals surface area contributed by atoms with Crippen molar-refractivity contribution in [2.24, 2.45) is 0 Å². The number of rotatable bonds is 5. The molecule has 0 aliphatic carbocycles. The van der Waals surface area contributed by atoms with Crippen molar-refractivity contribution in [3.8, 4) is 0 Å². The molecule has 0 aromatic heterocycles. The zero-order valence-electron chi connectivity index (χ0n) is 11.5. The summed E-state index contributed by atoms with van der Waals surface area (Å²) >= 11 is 0. The molecule has 19 heavy (non-hydrogen) atoms. The lowest BCUT2D eigenvalue weighted by Crippen LogP contribution is -2.47. The van der Waals surface area contributed by atoms with Gasteiger partial charge in [0.25, 0.3) is 0 Å². The molecule has 0 saturated carbocycles. The molecule has 2 aliphatic rings. The summed E-state index contributed by atoms with van der Waals surface area (Å²) in [6.45, 7) is 5.20. The standard InChI is InChI=1S/C12H23NO5S/c1-3-18-12(4-5-17-8-12)9-19(15,16)13-7-11(14)6-10(13)2/h10-11,14H,3-9H2,1-2H3. The molecule has 3 atom stereocenters. The molecule has 2 fully saturated rings. The first-order valence-electron chi connectivity index (χ1n) is 6.78. The normalized spacial score (nSPS) is 37.0. The zero-order valence-corrected chi connectivity index (χ0v) is 12.4. The van der Waals surface area contributed by atoms with Gasteiger partial charge in [-0.3, -0.25) is 0 Å². The second kappa shape index (κ2) is 5.65. The Kier molecular flexibility index (Phi) is 4.52. The van der Waals surface area contributed by atoms with E-state index in [0.717, 1.165) is 0 Å². The van der Waals surface area contributed by atoms with Crippen LogP contribution in [0.2, 0.25) is 0 Å². The van der Waals surface area contributed by atoms with Crippen molar-refractivity contribution in [1.82, 2.24) is 4.31 Å². The van der Waals surface area contributed by atoms with E-state index < -0.39 is 21.7 Å². The summed E-state index contributed by atoms with van der Waals surface area (Å²) in [7, 11) is -3.44. The minimum absolute atomic E-state index is 0.0646. The summed E-state index contributed by atoms with van der Waals surface area (Å²) in [5, 5.41) is 9.60. The Labute approximate surface area is 114 Å². The van der Waals surface area contributed by atoms with Gasteiger partial charge in [-0.2, -0.15) is 4.31 Å². The summed E-state index contributed by atoms with van der Waals surface area (Å²) < 4.78 is 37.4. The van der Waals surface area contributed by atoms with Crippen LogP contribution in [0.1, 0.15) is 26.7 Å². The monoisotopic (exact) mass is 293 g/mol. The van der Waals surface area contributed by atoms with E-state index in [2.05, 4.69) is 0 Å². The maximum atomic E-state index is 12.5. The second-order valence-corrected chi connectivity index (χ2v) is 7.40. The SMILES string of the molecule is CCOC1(CS(=O)(=O)N2CC(O)CC2C)CCOC1. The largest absolute Gasteiger partial charge is 0.392 e. The van der Waals surface area contributed by atoms with Gasteiger partial charge in [0.05, 0.1) is 18.5 Å². The molecule has 2 rings (SSSR count). The van der Waals surface area contributed by atoms with Crippen LogP contribution in [0.5, 0.6) is 0 Å². The number of sulfonamides is 1. The first kappa shape index (κ1) is 15.2. The number of hydrogen-bond acceptors (Lipinski definition) is 5. The number of nitrogens with zero attached hydrogens (tertiary/aromatic N) is 1. The molecule has 0 aromatic carbocycles. The van der Waals surface area contributed by atoms with Crippen LogP contribution in [0.25, 0.3) is 0 Å². The zero-order chi connectivity index (χ0) is 14.1. The second-order valence-electron chi connectivity index (χ2n) is 5.48. The van der Waals surface area contributed by atoms with Gasteiger partial charge in [-0.25, -0.2) is 8.42 Å². The van der Waals surface area contributed by atoms with Gasteiger partial charge in [-0.05, 0) is 20.3 Å². The molecular weight excluding hydrogens is 270 g/mol. The molecule has 2 saturated heterocycles. The molecule has 2 aliphatic heterocycles. The number of aliphatic hydroxyl groups excluding tert-OH is 1. The highest BCUT2D eigenvalue weighted by Gasteiger charge is 2.45. The molecule has 2 heterocycles. The highest BCUT2D eigenvalue weighted by Crippen LogP contribution is 2.29. The molecule has 6 nitrogen and oxygen atoms in total. The topological polar surface area (TPSA) is 76.1 Å². The summed E-state index contributed by atoms with van der Waals surface area (Å²) in [5.74, 6) is -0.0646. The highest BCUT2D eigenvalue weighted by molar-refractivity contribution is 7.89. The number of ether oxygens (including phenoxy) is 2. The fourth-order valence-electron chi connectivity index (χ4n) is 2.94. The molecule has 0 spiro atoms. The average molecular weight is 293 g/mol. The highest BCUT2D eigenvalue weighted by atomic mass is 32.2. The van der Waals surface area contributed by atoms with Crippen molar-refractivity contribution in [2.75, 3.05) is 32.1 Å². The van der Waals surface area contributed by atoms with Gasteiger partial charge in [-0.1, -0.05) is 0 Å². The molecule has 0 bridgehead atoms. The predicted octanol–water partition coefficient (Wildman–Crippen LogP) is -0.0331. The van der Waals surface area contributed by atoms with Crippen molar-refractivity contribution in [1.29, 1.82) is 0 Å². The third kappa shape index (κ3) is 3.28. The number of aliphatic hydroxyl groups is 1. The van der Waals surface area contributed by atoms with E-state index in [-0.39, 0.29) is 18.3 Å². The van der Waals surface area contributed by atoms with Crippen LogP contribution in [0.4, 0.5) is 0 Å². The lowest BCUT2D eigenvalue weighted by Gasteiger charge is -2.30. The maximum absolute atomic E-state index is 12.5. The van der Waals surface area contributed by atoms with E-state index >= 15 is 0 Å². The van der Waals surface area contributed by atoms with Crippen molar-refractivity contribution in [2.45, 2.75) is 44.4 Å². The molecule has 1 N–H and O–H groups in total. The van der Waals surface area contributed by atoms with E-state index in [9.17, 15) is 13.5 Å². The number of hydrogen-bond donors (Lipinski definition) is 1.